The molecule has 5 N–H and O–H groups in total. The van der Waals surface area contributed by atoms with Crippen LogP contribution in [-0.4, -0.2) is 40.9 Å². The van der Waals surface area contributed by atoms with Crippen LogP contribution >= 0.6 is 23.2 Å². The molecular weight excluding hydrogens is 475 g/mol. The number of halogens is 2. The Bertz CT molecular complexity index is 1210. The van der Waals surface area contributed by atoms with Gasteiger partial charge in [0.25, 0.3) is 11.8 Å². The van der Waals surface area contributed by atoms with Crippen LogP contribution in [-0.2, 0) is 6.54 Å². The summed E-state index contributed by atoms with van der Waals surface area (Å²) in [6.07, 6.45) is 3.37. The van der Waals surface area contributed by atoms with Crippen molar-refractivity contribution in [2.45, 2.75) is 25.4 Å². The number of rotatable bonds is 6. The van der Waals surface area contributed by atoms with Crippen molar-refractivity contribution >= 4 is 40.8 Å². The third-order valence-electron chi connectivity index (χ3n) is 5.54. The summed E-state index contributed by atoms with van der Waals surface area (Å²) in [5, 5.41) is 9.88. The first-order chi connectivity index (χ1) is 16.4. The molecule has 0 bridgehead atoms. The number of carbonyl (C=O) groups is 2. The standard InChI is InChI=1S/C24H24Cl2N6O2/c25-18-8-2-6-16(20(18)26)11-30-23(33)15-5-1-4-14(10-15)19-13-29-22(27)21(32-19)24(34)31-17-7-3-9-28-12-17/h1-2,4-6,8,10,13,17,28H,3,7,9,11-12H2,(H2,27,29)(H,30,33)(H,31,34)/t17-/m0/s1. The van der Waals surface area contributed by atoms with Crippen molar-refractivity contribution in [1.82, 2.24) is 25.9 Å². The monoisotopic (exact) mass is 498 g/mol. The highest BCUT2D eigenvalue weighted by molar-refractivity contribution is 6.42. The second-order valence-electron chi connectivity index (χ2n) is 7.98. The van der Waals surface area contributed by atoms with Crippen molar-refractivity contribution in [3.63, 3.8) is 0 Å². The first-order valence-electron chi connectivity index (χ1n) is 10.9. The Balaban J connectivity index is 1.49. The maximum absolute atomic E-state index is 12.8. The van der Waals surface area contributed by atoms with Gasteiger partial charge < -0.3 is 21.7 Å². The maximum Gasteiger partial charge on any atom is 0.274 e. The number of hydrogen-bond donors (Lipinski definition) is 4. The van der Waals surface area contributed by atoms with Gasteiger partial charge in [-0.2, -0.15) is 0 Å². The predicted octanol–water partition coefficient (Wildman–Crippen LogP) is 3.44. The van der Waals surface area contributed by atoms with E-state index in [0.717, 1.165) is 19.4 Å². The van der Waals surface area contributed by atoms with Crippen LogP contribution in [0.5, 0.6) is 0 Å². The van der Waals surface area contributed by atoms with Crippen molar-refractivity contribution in [3.05, 3.63) is 75.5 Å². The Morgan fingerprint density at radius 2 is 1.97 bits per heavy atom. The fourth-order valence-electron chi connectivity index (χ4n) is 3.72. The largest absolute Gasteiger partial charge is 0.382 e. The van der Waals surface area contributed by atoms with E-state index >= 15 is 0 Å². The summed E-state index contributed by atoms with van der Waals surface area (Å²) in [6.45, 7) is 1.88. The molecule has 2 amide bonds. The van der Waals surface area contributed by atoms with E-state index in [9.17, 15) is 9.59 Å². The number of nitrogens with one attached hydrogen (secondary N) is 3. The van der Waals surface area contributed by atoms with Gasteiger partial charge in [-0.25, -0.2) is 9.97 Å². The molecule has 10 heteroatoms. The summed E-state index contributed by atoms with van der Waals surface area (Å²) in [5.41, 5.74) is 8.21. The topological polar surface area (TPSA) is 122 Å². The minimum Gasteiger partial charge on any atom is -0.382 e. The summed E-state index contributed by atoms with van der Waals surface area (Å²) >= 11 is 12.2. The smallest absolute Gasteiger partial charge is 0.274 e. The Morgan fingerprint density at radius 1 is 1.15 bits per heavy atom. The molecule has 1 saturated heterocycles. The van der Waals surface area contributed by atoms with E-state index in [-0.39, 0.29) is 35.9 Å². The second kappa shape index (κ2) is 10.8. The molecule has 0 radical (unpaired) electrons. The fourth-order valence-corrected chi connectivity index (χ4v) is 4.10. The molecule has 2 heterocycles. The molecule has 4 rings (SSSR count). The average Bonchev–Trinajstić information content (AvgIpc) is 2.85. The lowest BCUT2D eigenvalue weighted by atomic mass is 10.1. The summed E-state index contributed by atoms with van der Waals surface area (Å²) in [7, 11) is 0. The molecule has 1 atom stereocenters. The van der Waals surface area contributed by atoms with Crippen LogP contribution in [0.2, 0.25) is 10.0 Å². The van der Waals surface area contributed by atoms with Crippen molar-refractivity contribution in [3.8, 4) is 11.3 Å². The molecule has 0 spiro atoms. The maximum atomic E-state index is 12.8. The van der Waals surface area contributed by atoms with Gasteiger partial charge in [-0.05, 0) is 43.1 Å². The summed E-state index contributed by atoms with van der Waals surface area (Å²) < 4.78 is 0. The summed E-state index contributed by atoms with van der Waals surface area (Å²) in [6, 6.07) is 12.2. The van der Waals surface area contributed by atoms with Crippen LogP contribution < -0.4 is 21.7 Å². The number of nitrogens with two attached hydrogens (primary N) is 1. The number of hydrogen-bond acceptors (Lipinski definition) is 6. The number of amides is 2. The van der Waals surface area contributed by atoms with E-state index < -0.39 is 0 Å². The summed E-state index contributed by atoms with van der Waals surface area (Å²) in [4.78, 5) is 34.1. The van der Waals surface area contributed by atoms with Crippen LogP contribution in [0.3, 0.4) is 0 Å². The molecule has 3 aromatic rings. The Kier molecular flexibility index (Phi) is 7.62. The highest BCUT2D eigenvalue weighted by Gasteiger charge is 2.20. The Labute approximate surface area is 207 Å². The van der Waals surface area contributed by atoms with E-state index in [2.05, 4.69) is 25.9 Å². The molecule has 1 aliphatic heterocycles. The van der Waals surface area contributed by atoms with Crippen LogP contribution in [0.1, 0.15) is 39.3 Å². The van der Waals surface area contributed by atoms with Gasteiger partial charge in [-0.1, -0.05) is 47.5 Å². The van der Waals surface area contributed by atoms with Crippen molar-refractivity contribution in [2.24, 2.45) is 0 Å². The first kappa shape index (κ1) is 23.9. The number of nitrogens with zero attached hydrogens (tertiary/aromatic N) is 2. The quantitative estimate of drug-likeness (QED) is 0.412. The van der Waals surface area contributed by atoms with E-state index in [1.54, 1.807) is 42.5 Å². The molecule has 0 aliphatic carbocycles. The van der Waals surface area contributed by atoms with Gasteiger partial charge in [0, 0.05) is 30.3 Å². The van der Waals surface area contributed by atoms with Crippen LogP contribution in [0.4, 0.5) is 5.82 Å². The Morgan fingerprint density at radius 3 is 2.76 bits per heavy atom. The molecule has 1 aromatic heterocycles. The third-order valence-corrected chi connectivity index (χ3v) is 6.40. The average molecular weight is 499 g/mol. The number of benzene rings is 2. The predicted molar refractivity (Wildman–Crippen MR) is 133 cm³/mol. The minimum atomic E-state index is -0.368. The number of anilines is 1. The zero-order chi connectivity index (χ0) is 24.1. The van der Waals surface area contributed by atoms with E-state index in [0.29, 0.717) is 39.0 Å². The molecule has 1 fully saturated rings. The van der Waals surface area contributed by atoms with E-state index in [1.165, 1.54) is 6.20 Å². The lowest BCUT2D eigenvalue weighted by molar-refractivity contribution is 0.0923. The highest BCUT2D eigenvalue weighted by atomic mass is 35.5. The molecule has 1 aliphatic rings. The zero-order valence-electron chi connectivity index (χ0n) is 18.3. The molecule has 34 heavy (non-hydrogen) atoms. The zero-order valence-corrected chi connectivity index (χ0v) is 19.8. The van der Waals surface area contributed by atoms with Crippen molar-refractivity contribution in [1.29, 1.82) is 0 Å². The number of nitrogen functional groups attached to an aromatic ring is 1. The number of piperidine rings is 1. The van der Waals surface area contributed by atoms with Gasteiger partial charge in [-0.3, -0.25) is 9.59 Å². The second-order valence-corrected chi connectivity index (χ2v) is 8.77. The molecule has 2 aromatic carbocycles. The molecular formula is C24H24Cl2N6O2. The molecule has 8 nitrogen and oxygen atoms in total. The summed E-state index contributed by atoms with van der Waals surface area (Å²) in [5.74, 6) is -0.603. The first-order valence-corrected chi connectivity index (χ1v) is 11.6. The van der Waals surface area contributed by atoms with Crippen LogP contribution in [0.15, 0.2) is 48.7 Å². The highest BCUT2D eigenvalue weighted by Crippen LogP contribution is 2.25. The van der Waals surface area contributed by atoms with Crippen LogP contribution in [0.25, 0.3) is 11.3 Å². The normalized spacial score (nSPS) is 15.5. The van der Waals surface area contributed by atoms with E-state index in [4.69, 9.17) is 28.9 Å². The molecule has 0 saturated carbocycles. The van der Waals surface area contributed by atoms with Gasteiger partial charge in [0.2, 0.25) is 0 Å². The van der Waals surface area contributed by atoms with Crippen molar-refractivity contribution in [2.75, 3.05) is 18.8 Å². The molecule has 176 valence electrons. The van der Waals surface area contributed by atoms with Gasteiger partial charge in [0.05, 0.1) is 21.9 Å². The van der Waals surface area contributed by atoms with Gasteiger partial charge in [0.1, 0.15) is 0 Å². The third kappa shape index (κ3) is 5.64. The number of aromatic nitrogens is 2. The van der Waals surface area contributed by atoms with E-state index in [1.807, 2.05) is 0 Å². The van der Waals surface area contributed by atoms with Gasteiger partial charge in [-0.15, -0.1) is 0 Å². The SMILES string of the molecule is Nc1ncc(-c2cccc(C(=O)NCc3cccc(Cl)c3Cl)c2)nc1C(=O)N[C@H]1CCCNC1. The van der Waals surface area contributed by atoms with Gasteiger partial charge in [0.15, 0.2) is 11.5 Å². The minimum absolute atomic E-state index is 0.0196. The van der Waals surface area contributed by atoms with Crippen molar-refractivity contribution < 1.29 is 9.59 Å². The van der Waals surface area contributed by atoms with Gasteiger partial charge >= 0.3 is 0 Å². The number of carbonyl (C=O) groups excluding carboxylic acids is 2. The van der Waals surface area contributed by atoms with Crippen LogP contribution in [0, 0.1) is 0 Å². The fraction of sp³-hybridized carbons (Fsp3) is 0.250. The lowest BCUT2D eigenvalue weighted by Gasteiger charge is -2.23. The lowest BCUT2D eigenvalue weighted by Crippen LogP contribution is -2.46. The molecule has 0 unspecified atom stereocenters. The Hall–Kier alpha value is -3.20.